The maximum Gasteiger partial charge on any atom is 0.431 e. The van der Waals surface area contributed by atoms with E-state index in [2.05, 4.69) is 26.7 Å². The quantitative estimate of drug-likeness (QED) is 0.0603. The van der Waals surface area contributed by atoms with Gasteiger partial charge in [0.2, 0.25) is 23.6 Å². The summed E-state index contributed by atoms with van der Waals surface area (Å²) in [5.41, 5.74) is 11.1. The predicted octanol–water partition coefficient (Wildman–Crippen LogP) is 1.82. The van der Waals surface area contributed by atoms with Gasteiger partial charge in [-0.1, -0.05) is 48.5 Å². The van der Waals surface area contributed by atoms with Crippen molar-refractivity contribution in [3.8, 4) is 11.1 Å². The average molecular weight is 806 g/mol. The lowest BCUT2D eigenvalue weighted by molar-refractivity contribution is -0.141. The number of hydroxylamine groups is 1. The minimum Gasteiger partial charge on any atom is -0.447 e. The molecule has 8 amide bonds. The fourth-order valence-electron chi connectivity index (χ4n) is 6.30. The summed E-state index contributed by atoms with van der Waals surface area (Å²) in [7, 11) is 0. The number of primary amides is 1. The first-order chi connectivity index (χ1) is 27.6. The molecular formula is C40H51N7O11. The summed E-state index contributed by atoms with van der Waals surface area (Å²) < 4.78 is 10.7. The second-order valence-corrected chi connectivity index (χ2v) is 14.7. The zero-order chi connectivity index (χ0) is 42.2. The maximum absolute atomic E-state index is 13.3. The van der Waals surface area contributed by atoms with Crippen molar-refractivity contribution in [2.45, 2.75) is 82.9 Å². The van der Waals surface area contributed by atoms with Gasteiger partial charge in [0.05, 0.1) is 0 Å². The van der Waals surface area contributed by atoms with Crippen LogP contribution in [0.15, 0.2) is 60.7 Å². The molecule has 4 rings (SSSR count). The van der Waals surface area contributed by atoms with Gasteiger partial charge in [-0.2, -0.15) is 5.48 Å². The first kappa shape index (κ1) is 44.4. The number of hydrogen-bond donors (Lipinski definition) is 6. The molecule has 1 aliphatic carbocycles. The van der Waals surface area contributed by atoms with Crippen LogP contribution in [-0.2, 0) is 43.1 Å². The molecule has 0 radical (unpaired) electrons. The molecule has 0 saturated heterocycles. The van der Waals surface area contributed by atoms with E-state index in [1.54, 1.807) is 20.8 Å². The van der Waals surface area contributed by atoms with Crippen molar-refractivity contribution >= 4 is 47.6 Å². The maximum atomic E-state index is 13.3. The summed E-state index contributed by atoms with van der Waals surface area (Å²) in [6.07, 6.45) is 2.25. The van der Waals surface area contributed by atoms with E-state index in [4.69, 9.17) is 20.0 Å². The molecule has 0 unspecified atom stereocenters. The number of carbonyl (C=O) groups excluding carboxylic acids is 8. The number of benzene rings is 2. The minimum absolute atomic E-state index is 0.0794. The Morgan fingerprint density at radius 1 is 0.741 bits per heavy atom. The van der Waals surface area contributed by atoms with E-state index in [1.165, 1.54) is 0 Å². The van der Waals surface area contributed by atoms with Crippen molar-refractivity contribution in [3.63, 3.8) is 0 Å². The molecule has 1 heterocycles. The molecular weight excluding hydrogens is 754 g/mol. The van der Waals surface area contributed by atoms with Crippen LogP contribution < -0.4 is 32.5 Å². The molecule has 2 atom stereocenters. The fourth-order valence-corrected chi connectivity index (χ4v) is 6.30. The highest BCUT2D eigenvalue weighted by molar-refractivity contribution is 6.14. The first-order valence-corrected chi connectivity index (χ1v) is 19.0. The summed E-state index contributed by atoms with van der Waals surface area (Å²) in [6.45, 7) is 4.55. The molecule has 18 nitrogen and oxygen atoms in total. The third kappa shape index (κ3) is 13.7. The molecule has 18 heteroatoms. The highest BCUT2D eigenvalue weighted by atomic mass is 16.7. The van der Waals surface area contributed by atoms with Crippen LogP contribution in [0, 0.1) is 0 Å². The van der Waals surface area contributed by atoms with E-state index < -0.39 is 78.5 Å². The topological polar surface area (TPSA) is 254 Å². The van der Waals surface area contributed by atoms with Crippen LogP contribution in [0.3, 0.4) is 0 Å². The van der Waals surface area contributed by atoms with Crippen LogP contribution in [0.5, 0.6) is 0 Å². The first-order valence-electron chi connectivity index (χ1n) is 19.0. The summed E-state index contributed by atoms with van der Waals surface area (Å²) in [6, 6.07) is 13.6. The van der Waals surface area contributed by atoms with Gasteiger partial charge in [0.25, 0.3) is 11.8 Å². The molecule has 0 aromatic heterocycles. The highest BCUT2D eigenvalue weighted by Crippen LogP contribution is 2.44. The van der Waals surface area contributed by atoms with Gasteiger partial charge in [-0.3, -0.25) is 38.5 Å². The zero-order valence-electron chi connectivity index (χ0n) is 32.8. The monoisotopic (exact) mass is 805 g/mol. The van der Waals surface area contributed by atoms with E-state index in [0.29, 0.717) is 25.7 Å². The van der Waals surface area contributed by atoms with Gasteiger partial charge >= 0.3 is 12.2 Å². The Bertz CT molecular complexity index is 1810. The predicted molar refractivity (Wildman–Crippen MR) is 208 cm³/mol. The Morgan fingerprint density at radius 3 is 1.86 bits per heavy atom. The van der Waals surface area contributed by atoms with Crippen molar-refractivity contribution in [2.75, 3.05) is 32.8 Å². The number of fused-ring (bicyclic) bond motifs is 3. The van der Waals surface area contributed by atoms with Gasteiger partial charge in [-0.05, 0) is 81.5 Å². The number of nitrogens with two attached hydrogens (primary N) is 1. The van der Waals surface area contributed by atoms with Crippen molar-refractivity contribution in [1.29, 1.82) is 0 Å². The number of imide groups is 1. The van der Waals surface area contributed by atoms with E-state index in [0.717, 1.165) is 39.3 Å². The van der Waals surface area contributed by atoms with E-state index in [-0.39, 0.29) is 38.5 Å². The van der Waals surface area contributed by atoms with Gasteiger partial charge < -0.3 is 36.5 Å². The fraction of sp³-hybridized carbons (Fsp3) is 0.450. The third-order valence-corrected chi connectivity index (χ3v) is 9.06. The number of alkyl carbamates (subject to hydrolysis) is 1. The van der Waals surface area contributed by atoms with Gasteiger partial charge in [0.15, 0.2) is 6.61 Å². The number of nitrogens with one attached hydrogen (secondary N) is 5. The Kier molecular flexibility index (Phi) is 16.3. The lowest BCUT2D eigenvalue weighted by Crippen LogP contribution is -2.53. The van der Waals surface area contributed by atoms with Gasteiger partial charge in [-0.15, -0.1) is 0 Å². The van der Waals surface area contributed by atoms with Crippen LogP contribution in [0.4, 0.5) is 9.59 Å². The number of rotatable bonds is 21. The van der Waals surface area contributed by atoms with Crippen LogP contribution in [0.1, 0.15) is 76.3 Å². The van der Waals surface area contributed by atoms with Gasteiger partial charge in [0.1, 0.15) is 30.8 Å². The average Bonchev–Trinajstić information content (AvgIpc) is 3.66. The summed E-state index contributed by atoms with van der Waals surface area (Å²) in [4.78, 5) is 104. The van der Waals surface area contributed by atoms with Crippen LogP contribution in [0.2, 0.25) is 0 Å². The summed E-state index contributed by atoms with van der Waals surface area (Å²) in [5.74, 6) is -3.80. The van der Waals surface area contributed by atoms with Crippen molar-refractivity contribution < 1.29 is 52.7 Å². The Morgan fingerprint density at radius 2 is 1.29 bits per heavy atom. The lowest BCUT2D eigenvalue weighted by Gasteiger charge is -2.25. The molecule has 2 aliphatic rings. The van der Waals surface area contributed by atoms with E-state index in [9.17, 15) is 38.4 Å². The second kappa shape index (κ2) is 21.3. The Hall–Kier alpha value is -6.30. The molecule has 0 fully saturated rings. The number of hydrogen-bond acceptors (Lipinski definition) is 11. The van der Waals surface area contributed by atoms with Gasteiger partial charge in [-0.25, -0.2) is 9.59 Å². The van der Waals surface area contributed by atoms with Crippen LogP contribution in [-0.4, -0.2) is 103 Å². The number of ether oxygens (including phenoxy) is 2. The standard InChI is InChI=1S/C40H51N7O11/c1-40(2,3)58-38(54)45-31(37(53)44-30(36(41)52)16-8-10-20-42-32(48)22-47-34(50)18-19-35(47)51)17-9-11-21-43-33(49)24-57-46-39(55)56-23-29-27-14-6-4-12-25(27)26-13-5-7-15-28(26)29/h4-7,12-15,18-19,29-31H,8-11,16-17,20-24H2,1-3H3,(H2,41,52)(H,42,48)(H,43,49)(H,44,53)(H,45,54)(H,46,55)/t30-,31-/m0/s1. The number of nitrogens with zero attached hydrogens (tertiary/aromatic N) is 1. The number of amides is 8. The molecule has 0 saturated carbocycles. The van der Waals surface area contributed by atoms with E-state index in [1.807, 2.05) is 48.5 Å². The third-order valence-electron chi connectivity index (χ3n) is 9.06. The second-order valence-electron chi connectivity index (χ2n) is 14.7. The highest BCUT2D eigenvalue weighted by Gasteiger charge is 2.30. The number of unbranched alkanes of at least 4 members (excludes halogenated alkanes) is 2. The molecule has 7 N–H and O–H groups in total. The molecule has 0 spiro atoms. The molecule has 0 bridgehead atoms. The van der Waals surface area contributed by atoms with E-state index >= 15 is 0 Å². The largest absolute Gasteiger partial charge is 0.447 e. The van der Waals surface area contributed by atoms with Gasteiger partial charge in [0, 0.05) is 31.2 Å². The molecule has 1 aliphatic heterocycles. The van der Waals surface area contributed by atoms with Crippen molar-refractivity contribution in [1.82, 2.24) is 31.6 Å². The molecule has 312 valence electrons. The SMILES string of the molecule is CC(C)(C)OC(=O)N[C@@H](CCCCNC(=O)CONC(=O)OCC1c2ccccc2-c2ccccc21)C(=O)N[C@@H](CCCCNC(=O)CN1C(=O)C=CC1=O)C(N)=O. The molecule has 58 heavy (non-hydrogen) atoms. The van der Waals surface area contributed by atoms with Crippen LogP contribution in [0.25, 0.3) is 11.1 Å². The Balaban J connectivity index is 1.14. The van der Waals surface area contributed by atoms with Crippen molar-refractivity contribution in [3.05, 3.63) is 71.8 Å². The summed E-state index contributed by atoms with van der Waals surface area (Å²) in [5, 5.41) is 10.3. The number of carbonyl (C=O) groups is 8. The Labute approximate surface area is 335 Å². The van der Waals surface area contributed by atoms with Crippen LogP contribution >= 0.6 is 0 Å². The normalized spacial score (nSPS) is 14.2. The molecule has 2 aromatic carbocycles. The lowest BCUT2D eigenvalue weighted by atomic mass is 9.98. The summed E-state index contributed by atoms with van der Waals surface area (Å²) >= 11 is 0. The smallest absolute Gasteiger partial charge is 0.431 e. The zero-order valence-corrected chi connectivity index (χ0v) is 32.8. The van der Waals surface area contributed by atoms with Crippen molar-refractivity contribution in [2.24, 2.45) is 5.73 Å². The molecule has 2 aromatic rings. The minimum atomic E-state index is -1.11.